The number of rotatable bonds is 1. The van der Waals surface area contributed by atoms with Crippen LogP contribution < -0.4 is 0 Å². The fraction of sp³-hybridized carbons (Fsp3) is 0.308. The molecule has 1 aliphatic rings. The van der Waals surface area contributed by atoms with Gasteiger partial charge in [-0.2, -0.15) is 0 Å². The maximum absolute atomic E-state index is 11.7. The quantitative estimate of drug-likeness (QED) is 0.752. The van der Waals surface area contributed by atoms with Crippen molar-refractivity contribution in [3.8, 4) is 5.75 Å². The molecule has 90 valence electrons. The lowest BCUT2D eigenvalue weighted by molar-refractivity contribution is -0.116. The van der Waals surface area contributed by atoms with E-state index in [2.05, 4.69) is 31.9 Å². The van der Waals surface area contributed by atoms with Crippen molar-refractivity contribution in [2.75, 3.05) is 0 Å². The molecule has 1 aromatic carbocycles. The van der Waals surface area contributed by atoms with Gasteiger partial charge in [0.1, 0.15) is 5.75 Å². The number of benzene rings is 1. The molecule has 0 atom stereocenters. The van der Waals surface area contributed by atoms with Crippen molar-refractivity contribution in [1.82, 2.24) is 0 Å². The van der Waals surface area contributed by atoms with E-state index in [1.54, 1.807) is 0 Å². The van der Waals surface area contributed by atoms with Gasteiger partial charge in [-0.3, -0.25) is 4.79 Å². The van der Waals surface area contributed by atoms with Crippen LogP contribution in [0.15, 0.2) is 26.7 Å². The van der Waals surface area contributed by atoms with Crippen molar-refractivity contribution in [2.24, 2.45) is 0 Å². The Morgan fingerprint density at radius 3 is 2.29 bits per heavy atom. The Kier molecular flexibility index (Phi) is 4.05. The maximum atomic E-state index is 11.7. The van der Waals surface area contributed by atoms with Crippen LogP contribution in [0, 0.1) is 0 Å². The van der Waals surface area contributed by atoms with Crippen LogP contribution in [0.4, 0.5) is 0 Å². The summed E-state index contributed by atoms with van der Waals surface area (Å²) in [6.07, 6.45) is 5.51. The highest BCUT2D eigenvalue weighted by Gasteiger charge is 2.15. The Bertz CT molecular complexity index is 469. The molecule has 0 aromatic heterocycles. The largest absolute Gasteiger partial charge is 0.506 e. The topological polar surface area (TPSA) is 37.3 Å². The number of hydrogen-bond donors (Lipinski definition) is 1. The number of phenols is 1. The highest BCUT2D eigenvalue weighted by atomic mass is 79.9. The maximum Gasteiger partial charge on any atom is 0.158 e. The second-order valence-corrected chi connectivity index (χ2v) is 5.84. The minimum absolute atomic E-state index is 0.183. The predicted octanol–water partition coefficient (Wildman–Crippen LogP) is 4.44. The minimum Gasteiger partial charge on any atom is -0.506 e. The first-order valence-corrected chi connectivity index (χ1v) is 7.08. The fourth-order valence-corrected chi connectivity index (χ4v) is 3.15. The number of carbonyl (C=O) groups excluding carboxylic acids is 1. The average Bonchev–Trinajstić information content (AvgIpc) is 2.29. The molecular formula is C13H12Br2O2. The molecule has 0 radical (unpaired) electrons. The van der Waals surface area contributed by atoms with Gasteiger partial charge in [-0.1, -0.05) is 0 Å². The Morgan fingerprint density at radius 1 is 1.12 bits per heavy atom. The van der Waals surface area contributed by atoms with Crippen LogP contribution in [0.3, 0.4) is 0 Å². The van der Waals surface area contributed by atoms with Gasteiger partial charge in [0.25, 0.3) is 0 Å². The number of phenolic OH excluding ortho intramolecular Hbond substituents is 1. The summed E-state index contributed by atoms with van der Waals surface area (Å²) in [5.41, 5.74) is 1.81. The van der Waals surface area contributed by atoms with E-state index in [0.29, 0.717) is 15.4 Å². The SMILES string of the molecule is O=C1CCCC/C1=C\c1cc(Br)c(O)c(Br)c1. The molecular weight excluding hydrogens is 348 g/mol. The summed E-state index contributed by atoms with van der Waals surface area (Å²) in [6, 6.07) is 3.63. The summed E-state index contributed by atoms with van der Waals surface area (Å²) >= 11 is 6.57. The average molecular weight is 360 g/mol. The highest BCUT2D eigenvalue weighted by molar-refractivity contribution is 9.11. The summed E-state index contributed by atoms with van der Waals surface area (Å²) in [5.74, 6) is 0.429. The Morgan fingerprint density at radius 2 is 1.71 bits per heavy atom. The fourth-order valence-electron chi connectivity index (χ4n) is 1.92. The molecule has 1 saturated carbocycles. The number of hydrogen-bond acceptors (Lipinski definition) is 2. The first kappa shape index (κ1) is 12.8. The molecule has 0 spiro atoms. The summed E-state index contributed by atoms with van der Waals surface area (Å²) in [4.78, 5) is 11.7. The van der Waals surface area contributed by atoms with Gasteiger partial charge in [0.2, 0.25) is 0 Å². The van der Waals surface area contributed by atoms with Crippen molar-refractivity contribution in [2.45, 2.75) is 25.7 Å². The third kappa shape index (κ3) is 2.99. The lowest BCUT2D eigenvalue weighted by Crippen LogP contribution is -2.07. The van der Waals surface area contributed by atoms with Crippen molar-refractivity contribution in [3.05, 3.63) is 32.2 Å². The van der Waals surface area contributed by atoms with Gasteiger partial charge in [-0.25, -0.2) is 0 Å². The number of allylic oxidation sites excluding steroid dienone is 1. The Labute approximate surface area is 117 Å². The summed E-state index contributed by atoms with van der Waals surface area (Å²) in [7, 11) is 0. The van der Waals surface area contributed by atoms with Gasteiger partial charge in [0, 0.05) is 6.42 Å². The molecule has 17 heavy (non-hydrogen) atoms. The molecule has 0 amide bonds. The number of halogens is 2. The van der Waals surface area contributed by atoms with Crippen LogP contribution in [0.5, 0.6) is 5.75 Å². The van der Waals surface area contributed by atoms with Crippen LogP contribution in [-0.4, -0.2) is 10.9 Å². The number of Topliss-reactive ketones (excluding diaryl/α,β-unsaturated/α-hetero) is 1. The van der Waals surface area contributed by atoms with E-state index in [0.717, 1.165) is 30.4 Å². The number of carbonyl (C=O) groups is 1. The van der Waals surface area contributed by atoms with Crippen LogP contribution in [0.25, 0.3) is 6.08 Å². The standard InChI is InChI=1S/C13H12Br2O2/c14-10-6-8(7-11(15)13(10)17)5-9-3-1-2-4-12(9)16/h5-7,17H,1-4H2/b9-5+. The van der Waals surface area contributed by atoms with Gasteiger partial charge < -0.3 is 5.11 Å². The normalized spacial score (nSPS) is 18.7. The molecule has 2 nitrogen and oxygen atoms in total. The van der Waals surface area contributed by atoms with Gasteiger partial charge in [0.15, 0.2) is 5.78 Å². The predicted molar refractivity (Wildman–Crippen MR) is 75.0 cm³/mol. The van der Waals surface area contributed by atoms with Gasteiger partial charge >= 0.3 is 0 Å². The summed E-state index contributed by atoms with van der Waals surface area (Å²) in [5, 5.41) is 9.61. The third-order valence-corrected chi connectivity index (χ3v) is 4.05. The first-order chi connectivity index (χ1) is 8.08. The molecule has 4 heteroatoms. The van der Waals surface area contributed by atoms with Crippen molar-refractivity contribution < 1.29 is 9.90 Å². The van der Waals surface area contributed by atoms with E-state index < -0.39 is 0 Å². The molecule has 1 fully saturated rings. The van der Waals surface area contributed by atoms with Crippen LogP contribution >= 0.6 is 31.9 Å². The minimum atomic E-state index is 0.183. The zero-order valence-electron chi connectivity index (χ0n) is 9.17. The Balaban J connectivity index is 2.35. The second-order valence-electron chi connectivity index (χ2n) is 4.13. The van der Waals surface area contributed by atoms with E-state index >= 15 is 0 Å². The molecule has 0 heterocycles. The van der Waals surface area contributed by atoms with E-state index in [4.69, 9.17) is 0 Å². The summed E-state index contributed by atoms with van der Waals surface area (Å²) < 4.78 is 1.25. The third-order valence-electron chi connectivity index (χ3n) is 2.84. The summed E-state index contributed by atoms with van der Waals surface area (Å²) in [6.45, 7) is 0. The molecule has 0 unspecified atom stereocenters. The molecule has 0 bridgehead atoms. The first-order valence-electron chi connectivity index (χ1n) is 5.49. The van der Waals surface area contributed by atoms with Crippen molar-refractivity contribution >= 4 is 43.7 Å². The molecule has 0 saturated heterocycles. The zero-order valence-corrected chi connectivity index (χ0v) is 12.3. The van der Waals surface area contributed by atoms with Crippen LogP contribution in [0.2, 0.25) is 0 Å². The lowest BCUT2D eigenvalue weighted by Gasteiger charge is -2.12. The number of ketones is 1. The molecule has 0 aliphatic heterocycles. The highest BCUT2D eigenvalue weighted by Crippen LogP contribution is 2.34. The van der Waals surface area contributed by atoms with E-state index in [1.807, 2.05) is 18.2 Å². The Hall–Kier alpha value is -0.610. The smallest absolute Gasteiger partial charge is 0.158 e. The second kappa shape index (κ2) is 5.36. The van der Waals surface area contributed by atoms with Gasteiger partial charge in [-0.05, 0) is 80.5 Å². The molecule has 1 aromatic rings. The van der Waals surface area contributed by atoms with E-state index in [1.165, 1.54) is 0 Å². The molecule has 2 rings (SSSR count). The van der Waals surface area contributed by atoms with Crippen LogP contribution in [0.1, 0.15) is 31.2 Å². The zero-order chi connectivity index (χ0) is 12.4. The van der Waals surface area contributed by atoms with Gasteiger partial charge in [-0.15, -0.1) is 0 Å². The molecule has 1 N–H and O–H groups in total. The molecule has 1 aliphatic carbocycles. The van der Waals surface area contributed by atoms with E-state index in [9.17, 15) is 9.90 Å². The lowest BCUT2D eigenvalue weighted by atomic mass is 9.92. The number of aromatic hydroxyl groups is 1. The van der Waals surface area contributed by atoms with Gasteiger partial charge in [0.05, 0.1) is 8.95 Å². The van der Waals surface area contributed by atoms with Crippen molar-refractivity contribution in [3.63, 3.8) is 0 Å². The monoisotopic (exact) mass is 358 g/mol. The van der Waals surface area contributed by atoms with Crippen LogP contribution in [-0.2, 0) is 4.79 Å². The van der Waals surface area contributed by atoms with Crippen molar-refractivity contribution in [1.29, 1.82) is 0 Å². The van der Waals surface area contributed by atoms with E-state index in [-0.39, 0.29) is 11.5 Å².